The summed E-state index contributed by atoms with van der Waals surface area (Å²) in [4.78, 5) is 35.9. The van der Waals surface area contributed by atoms with Gasteiger partial charge >= 0.3 is 5.97 Å². The summed E-state index contributed by atoms with van der Waals surface area (Å²) >= 11 is 1.35. The topological polar surface area (TPSA) is 101 Å². The average Bonchev–Trinajstić information content (AvgIpc) is 2.36. The van der Waals surface area contributed by atoms with Crippen LogP contribution in [0.4, 0.5) is 5.69 Å². The molecule has 1 aliphatic rings. The summed E-state index contributed by atoms with van der Waals surface area (Å²) in [5, 5.41) is 8.97. The van der Waals surface area contributed by atoms with Crippen LogP contribution in [0, 0.1) is 0 Å². The number of carboxylic acid groups (broad SMARTS) is 1. The Morgan fingerprint density at radius 2 is 2.16 bits per heavy atom. The number of amides is 2. The zero-order valence-corrected chi connectivity index (χ0v) is 10.8. The summed E-state index contributed by atoms with van der Waals surface area (Å²) in [7, 11) is 0. The zero-order valence-electron chi connectivity index (χ0n) is 9.96. The van der Waals surface area contributed by atoms with E-state index in [0.717, 1.165) is 4.90 Å². The molecule has 100 valence electrons. The molecule has 7 heteroatoms. The highest BCUT2D eigenvalue weighted by molar-refractivity contribution is 8.00. The van der Waals surface area contributed by atoms with Gasteiger partial charge in [-0.1, -0.05) is 0 Å². The third-order valence-electron chi connectivity index (χ3n) is 2.73. The van der Waals surface area contributed by atoms with Gasteiger partial charge in [0.05, 0.1) is 17.0 Å². The predicted octanol–water partition coefficient (Wildman–Crippen LogP) is 0.699. The Balaban J connectivity index is 2.35. The number of aromatic carboxylic acids is 1. The van der Waals surface area contributed by atoms with Crippen LogP contribution in [0.3, 0.4) is 0 Å². The molecule has 0 saturated carbocycles. The van der Waals surface area contributed by atoms with Crippen molar-refractivity contribution in [3.05, 3.63) is 23.8 Å². The van der Waals surface area contributed by atoms with E-state index >= 15 is 0 Å². The first kappa shape index (κ1) is 13.4. The lowest BCUT2D eigenvalue weighted by Gasteiger charge is -2.28. The van der Waals surface area contributed by atoms with E-state index < -0.39 is 11.9 Å². The Morgan fingerprint density at radius 3 is 2.79 bits per heavy atom. The van der Waals surface area contributed by atoms with Crippen LogP contribution in [-0.2, 0) is 9.59 Å². The number of rotatable bonds is 4. The first-order valence-electron chi connectivity index (χ1n) is 5.58. The van der Waals surface area contributed by atoms with E-state index in [2.05, 4.69) is 0 Å². The van der Waals surface area contributed by atoms with Crippen LogP contribution in [0.25, 0.3) is 0 Å². The number of carboxylic acids is 1. The molecular formula is C12H12N2O4S. The summed E-state index contributed by atoms with van der Waals surface area (Å²) in [6, 6.07) is 4.62. The second kappa shape index (κ2) is 5.31. The maximum Gasteiger partial charge on any atom is 0.335 e. The van der Waals surface area contributed by atoms with Crippen molar-refractivity contribution in [2.75, 3.05) is 17.2 Å². The molecule has 3 N–H and O–H groups in total. The first-order valence-corrected chi connectivity index (χ1v) is 6.56. The fourth-order valence-corrected chi connectivity index (χ4v) is 2.72. The third-order valence-corrected chi connectivity index (χ3v) is 3.78. The van der Waals surface area contributed by atoms with Crippen LogP contribution >= 0.6 is 11.8 Å². The predicted molar refractivity (Wildman–Crippen MR) is 70.3 cm³/mol. The van der Waals surface area contributed by atoms with Gasteiger partial charge in [0, 0.05) is 17.9 Å². The molecule has 0 unspecified atom stereocenters. The Bertz CT molecular complexity index is 559. The van der Waals surface area contributed by atoms with Crippen molar-refractivity contribution in [2.45, 2.75) is 11.3 Å². The molecule has 1 aliphatic heterocycles. The number of benzene rings is 1. The lowest BCUT2D eigenvalue weighted by Crippen LogP contribution is -2.37. The molecule has 0 fully saturated rings. The van der Waals surface area contributed by atoms with Crippen molar-refractivity contribution in [1.29, 1.82) is 0 Å². The minimum absolute atomic E-state index is 0.0488. The highest BCUT2D eigenvalue weighted by atomic mass is 32.2. The van der Waals surface area contributed by atoms with Crippen molar-refractivity contribution >= 4 is 35.2 Å². The lowest BCUT2D eigenvalue weighted by molar-refractivity contribution is -0.118. The van der Waals surface area contributed by atoms with Crippen LogP contribution in [0.5, 0.6) is 0 Å². The van der Waals surface area contributed by atoms with Gasteiger partial charge in [-0.3, -0.25) is 9.59 Å². The normalized spacial score (nSPS) is 14.1. The molecule has 1 aromatic carbocycles. The van der Waals surface area contributed by atoms with Gasteiger partial charge in [-0.2, -0.15) is 0 Å². The summed E-state index contributed by atoms with van der Waals surface area (Å²) < 4.78 is 0. The molecule has 0 aliphatic carbocycles. The fourth-order valence-electron chi connectivity index (χ4n) is 1.80. The van der Waals surface area contributed by atoms with Crippen LogP contribution in [0.15, 0.2) is 23.1 Å². The van der Waals surface area contributed by atoms with E-state index in [4.69, 9.17) is 10.8 Å². The molecule has 6 nitrogen and oxygen atoms in total. The standard InChI is InChI=1S/C12H12N2O4S/c13-10(15)3-4-14-8-5-7(12(17)18)1-2-9(8)19-6-11(14)16/h1-2,5H,3-4,6H2,(H2,13,15)(H,17,18). The Kier molecular flexibility index (Phi) is 3.75. The van der Waals surface area contributed by atoms with E-state index in [1.54, 1.807) is 6.07 Å². The Hall–Kier alpha value is -2.02. The van der Waals surface area contributed by atoms with Crippen LogP contribution in [-0.4, -0.2) is 35.2 Å². The van der Waals surface area contributed by atoms with E-state index in [1.807, 2.05) is 0 Å². The number of fused-ring (bicyclic) bond motifs is 1. The van der Waals surface area contributed by atoms with Crippen molar-refractivity contribution in [2.24, 2.45) is 5.73 Å². The number of carbonyl (C=O) groups is 3. The Morgan fingerprint density at radius 1 is 1.42 bits per heavy atom. The van der Waals surface area contributed by atoms with Crippen LogP contribution in [0.2, 0.25) is 0 Å². The summed E-state index contributed by atoms with van der Waals surface area (Å²) in [5.41, 5.74) is 5.72. The highest BCUT2D eigenvalue weighted by Gasteiger charge is 2.25. The van der Waals surface area contributed by atoms with Gasteiger partial charge in [-0.15, -0.1) is 11.8 Å². The molecule has 2 rings (SSSR count). The van der Waals surface area contributed by atoms with Crippen molar-refractivity contribution < 1.29 is 19.5 Å². The number of thioether (sulfide) groups is 1. The molecule has 1 aromatic rings. The number of nitrogens with zero attached hydrogens (tertiary/aromatic N) is 1. The SMILES string of the molecule is NC(=O)CCN1C(=O)CSc2ccc(C(=O)O)cc21. The van der Waals surface area contributed by atoms with E-state index in [0.29, 0.717) is 5.69 Å². The van der Waals surface area contributed by atoms with Crippen molar-refractivity contribution in [1.82, 2.24) is 0 Å². The molecule has 19 heavy (non-hydrogen) atoms. The van der Waals surface area contributed by atoms with Gasteiger partial charge in [-0.25, -0.2) is 4.79 Å². The molecule has 0 spiro atoms. The number of carbonyl (C=O) groups excluding carboxylic acids is 2. The molecule has 2 amide bonds. The van der Waals surface area contributed by atoms with E-state index in [1.165, 1.54) is 28.8 Å². The molecule has 0 radical (unpaired) electrons. The minimum atomic E-state index is -1.05. The summed E-state index contributed by atoms with van der Waals surface area (Å²) in [6.07, 6.45) is 0.0488. The molecule has 0 bridgehead atoms. The lowest BCUT2D eigenvalue weighted by atomic mass is 10.1. The number of anilines is 1. The van der Waals surface area contributed by atoms with Crippen LogP contribution in [0.1, 0.15) is 16.8 Å². The third kappa shape index (κ3) is 2.87. The average molecular weight is 280 g/mol. The van der Waals surface area contributed by atoms with Gasteiger partial charge in [0.15, 0.2) is 0 Å². The molecule has 0 saturated heterocycles. The molecular weight excluding hydrogens is 268 g/mol. The number of hydrogen-bond donors (Lipinski definition) is 2. The number of hydrogen-bond acceptors (Lipinski definition) is 4. The van der Waals surface area contributed by atoms with Crippen molar-refractivity contribution in [3.63, 3.8) is 0 Å². The maximum absolute atomic E-state index is 11.9. The van der Waals surface area contributed by atoms with Gasteiger partial charge in [0.1, 0.15) is 0 Å². The molecule has 1 heterocycles. The fraction of sp³-hybridized carbons (Fsp3) is 0.250. The second-order valence-corrected chi connectivity index (χ2v) is 5.06. The zero-order chi connectivity index (χ0) is 14.0. The number of primary amides is 1. The Labute approximate surface area is 113 Å². The smallest absolute Gasteiger partial charge is 0.335 e. The van der Waals surface area contributed by atoms with Crippen LogP contribution < -0.4 is 10.6 Å². The maximum atomic E-state index is 11.9. The quantitative estimate of drug-likeness (QED) is 0.845. The summed E-state index contributed by atoms with van der Waals surface area (Å²) in [6.45, 7) is 0.171. The van der Waals surface area contributed by atoms with E-state index in [9.17, 15) is 14.4 Å². The first-order chi connectivity index (χ1) is 8.99. The van der Waals surface area contributed by atoms with Gasteiger partial charge in [0.25, 0.3) is 0 Å². The summed E-state index contributed by atoms with van der Waals surface area (Å²) in [5.74, 6) is -1.43. The van der Waals surface area contributed by atoms with Gasteiger partial charge < -0.3 is 15.7 Å². The number of nitrogens with two attached hydrogens (primary N) is 1. The van der Waals surface area contributed by atoms with Gasteiger partial charge in [-0.05, 0) is 18.2 Å². The minimum Gasteiger partial charge on any atom is -0.478 e. The highest BCUT2D eigenvalue weighted by Crippen LogP contribution is 2.36. The molecule has 0 atom stereocenters. The van der Waals surface area contributed by atoms with Crippen molar-refractivity contribution in [3.8, 4) is 0 Å². The van der Waals surface area contributed by atoms with Gasteiger partial charge in [0.2, 0.25) is 11.8 Å². The largest absolute Gasteiger partial charge is 0.478 e. The monoisotopic (exact) mass is 280 g/mol. The van der Waals surface area contributed by atoms with E-state index in [-0.39, 0.29) is 30.2 Å². The second-order valence-electron chi connectivity index (χ2n) is 4.04. The molecule has 0 aromatic heterocycles.